The molecular formula is C17H20ClNO. The van der Waals surface area contributed by atoms with Crippen LogP contribution in [-0.4, -0.2) is 23.7 Å². The van der Waals surface area contributed by atoms with E-state index in [1.165, 1.54) is 10.8 Å². The van der Waals surface area contributed by atoms with Crippen molar-refractivity contribution in [3.63, 3.8) is 0 Å². The van der Waals surface area contributed by atoms with Gasteiger partial charge >= 0.3 is 0 Å². The first kappa shape index (κ1) is 14.9. The van der Waals surface area contributed by atoms with Crippen LogP contribution in [0.5, 0.6) is 0 Å². The quantitative estimate of drug-likeness (QED) is 0.777. The van der Waals surface area contributed by atoms with Crippen LogP contribution in [0.1, 0.15) is 19.4 Å². The molecule has 0 aliphatic carbocycles. The highest BCUT2D eigenvalue weighted by molar-refractivity contribution is 6.19. The molecule has 0 N–H and O–H groups in total. The maximum Gasteiger partial charge on any atom is 0.229 e. The van der Waals surface area contributed by atoms with Gasteiger partial charge in [-0.3, -0.25) is 4.79 Å². The summed E-state index contributed by atoms with van der Waals surface area (Å²) in [6.45, 7) is 4.35. The first-order valence-corrected chi connectivity index (χ1v) is 7.27. The van der Waals surface area contributed by atoms with Crippen LogP contribution < -0.4 is 0 Å². The minimum Gasteiger partial charge on any atom is -0.341 e. The van der Waals surface area contributed by atoms with Crippen molar-refractivity contribution in [1.29, 1.82) is 0 Å². The molecule has 2 nitrogen and oxygen atoms in total. The van der Waals surface area contributed by atoms with Crippen LogP contribution in [0.4, 0.5) is 0 Å². The molecule has 0 saturated carbocycles. The van der Waals surface area contributed by atoms with Gasteiger partial charge in [0, 0.05) is 19.5 Å². The number of benzene rings is 2. The number of carbonyl (C=O) groups excluding carboxylic acids is 1. The molecule has 0 fully saturated rings. The molecule has 20 heavy (non-hydrogen) atoms. The Hall–Kier alpha value is -1.54. The summed E-state index contributed by atoms with van der Waals surface area (Å²) in [4.78, 5) is 14.0. The SMILES string of the molecule is CN(Cc1ccc2ccccc2c1)C(=O)C(C)(C)CCl. The maximum atomic E-state index is 12.3. The van der Waals surface area contributed by atoms with Gasteiger partial charge in [0.05, 0.1) is 5.41 Å². The van der Waals surface area contributed by atoms with Gasteiger partial charge in [0.1, 0.15) is 0 Å². The standard InChI is InChI=1S/C17H20ClNO/c1-17(2,12-18)16(20)19(3)11-13-8-9-14-6-4-5-7-15(14)10-13/h4-10H,11-12H2,1-3H3. The molecule has 0 unspecified atom stereocenters. The first-order valence-electron chi connectivity index (χ1n) is 6.73. The minimum absolute atomic E-state index is 0.0701. The molecule has 0 heterocycles. The van der Waals surface area contributed by atoms with Crippen LogP contribution in [0.25, 0.3) is 10.8 Å². The van der Waals surface area contributed by atoms with Crippen molar-refractivity contribution >= 4 is 28.3 Å². The lowest BCUT2D eigenvalue weighted by Gasteiger charge is -2.27. The summed E-state index contributed by atoms with van der Waals surface area (Å²) in [5.74, 6) is 0.397. The van der Waals surface area contributed by atoms with Gasteiger partial charge in [-0.05, 0) is 36.2 Å². The Labute approximate surface area is 125 Å². The molecule has 2 aromatic carbocycles. The van der Waals surface area contributed by atoms with E-state index >= 15 is 0 Å². The highest BCUT2D eigenvalue weighted by Crippen LogP contribution is 2.22. The fraction of sp³-hybridized carbons (Fsp3) is 0.353. The molecule has 0 bridgehead atoms. The second-order valence-corrected chi connectivity index (χ2v) is 6.13. The molecule has 2 rings (SSSR count). The lowest BCUT2D eigenvalue weighted by Crippen LogP contribution is -2.39. The molecule has 3 heteroatoms. The Bertz CT molecular complexity index is 621. The average Bonchev–Trinajstić information content (AvgIpc) is 2.46. The van der Waals surface area contributed by atoms with Gasteiger partial charge in [-0.15, -0.1) is 11.6 Å². The molecule has 0 saturated heterocycles. The lowest BCUT2D eigenvalue weighted by atomic mass is 9.94. The molecule has 106 valence electrons. The summed E-state index contributed by atoms with van der Waals surface area (Å²) in [5, 5.41) is 2.41. The molecular weight excluding hydrogens is 270 g/mol. The second-order valence-electron chi connectivity index (χ2n) is 5.86. The van der Waals surface area contributed by atoms with Crippen LogP contribution in [0.2, 0.25) is 0 Å². The number of nitrogens with zero attached hydrogens (tertiary/aromatic N) is 1. The van der Waals surface area contributed by atoms with Crippen LogP contribution in [0, 0.1) is 5.41 Å². The number of alkyl halides is 1. The zero-order valence-corrected chi connectivity index (χ0v) is 12.9. The fourth-order valence-electron chi connectivity index (χ4n) is 2.26. The van der Waals surface area contributed by atoms with Crippen molar-refractivity contribution in [2.75, 3.05) is 12.9 Å². The molecule has 0 aliphatic heterocycles. The molecule has 0 aliphatic rings. The van der Waals surface area contributed by atoms with Gasteiger partial charge < -0.3 is 4.90 Å². The summed E-state index contributed by atoms with van der Waals surface area (Å²) in [6, 6.07) is 14.5. The van der Waals surface area contributed by atoms with Crippen molar-refractivity contribution < 1.29 is 4.79 Å². The van der Waals surface area contributed by atoms with Crippen molar-refractivity contribution in [1.82, 2.24) is 4.90 Å². The molecule has 2 aromatic rings. The van der Waals surface area contributed by atoms with Crippen molar-refractivity contribution in [2.45, 2.75) is 20.4 Å². The van der Waals surface area contributed by atoms with E-state index < -0.39 is 5.41 Å². The van der Waals surface area contributed by atoms with E-state index in [4.69, 9.17) is 11.6 Å². The van der Waals surface area contributed by atoms with Gasteiger partial charge in [0.2, 0.25) is 5.91 Å². The van der Waals surface area contributed by atoms with Crippen molar-refractivity contribution in [3.8, 4) is 0 Å². The average molecular weight is 290 g/mol. The number of fused-ring (bicyclic) bond motifs is 1. The number of hydrogen-bond acceptors (Lipinski definition) is 1. The molecule has 0 aromatic heterocycles. The maximum absolute atomic E-state index is 12.3. The third-order valence-electron chi connectivity index (χ3n) is 3.49. The minimum atomic E-state index is -0.521. The van der Waals surface area contributed by atoms with Gasteiger partial charge in [0.15, 0.2) is 0 Å². The Kier molecular flexibility index (Phi) is 4.34. The molecule has 1 amide bonds. The second kappa shape index (κ2) is 5.84. The molecule has 0 spiro atoms. The fourth-order valence-corrected chi connectivity index (χ4v) is 2.37. The summed E-state index contributed by atoms with van der Waals surface area (Å²) in [6.07, 6.45) is 0. The van der Waals surface area contributed by atoms with E-state index in [1.807, 2.05) is 33.0 Å². The Morgan fingerprint density at radius 1 is 1.15 bits per heavy atom. The highest BCUT2D eigenvalue weighted by Gasteiger charge is 2.29. The van der Waals surface area contributed by atoms with Gasteiger partial charge in [-0.2, -0.15) is 0 Å². The van der Waals surface area contributed by atoms with Crippen molar-refractivity contribution in [2.24, 2.45) is 5.41 Å². The predicted molar refractivity (Wildman–Crippen MR) is 84.9 cm³/mol. The van der Waals surface area contributed by atoms with E-state index in [1.54, 1.807) is 4.90 Å². The first-order chi connectivity index (χ1) is 9.44. The van der Waals surface area contributed by atoms with Crippen LogP contribution >= 0.6 is 11.6 Å². The normalized spacial score (nSPS) is 11.6. The number of amides is 1. The number of halogens is 1. The Balaban J connectivity index is 2.17. The third kappa shape index (κ3) is 3.13. The summed E-state index contributed by atoms with van der Waals surface area (Å²) >= 11 is 5.87. The Morgan fingerprint density at radius 2 is 1.80 bits per heavy atom. The third-order valence-corrected chi connectivity index (χ3v) is 4.16. The monoisotopic (exact) mass is 289 g/mol. The van der Waals surface area contributed by atoms with Crippen molar-refractivity contribution in [3.05, 3.63) is 48.0 Å². The van der Waals surface area contributed by atoms with E-state index in [2.05, 4.69) is 30.3 Å². The smallest absolute Gasteiger partial charge is 0.229 e. The predicted octanol–water partition coefficient (Wildman–Crippen LogP) is 4.06. The van der Waals surface area contributed by atoms with Gasteiger partial charge in [-0.1, -0.05) is 36.4 Å². The lowest BCUT2D eigenvalue weighted by molar-refractivity contribution is -0.138. The van der Waals surface area contributed by atoms with E-state index in [0.29, 0.717) is 12.4 Å². The summed E-state index contributed by atoms with van der Waals surface area (Å²) in [5.41, 5.74) is 0.609. The summed E-state index contributed by atoms with van der Waals surface area (Å²) < 4.78 is 0. The van der Waals surface area contributed by atoms with E-state index in [-0.39, 0.29) is 5.91 Å². The van der Waals surface area contributed by atoms with Crippen LogP contribution in [0.3, 0.4) is 0 Å². The number of hydrogen-bond donors (Lipinski definition) is 0. The Morgan fingerprint density at radius 3 is 2.45 bits per heavy atom. The zero-order valence-electron chi connectivity index (χ0n) is 12.2. The van der Waals surface area contributed by atoms with Gasteiger partial charge in [-0.25, -0.2) is 0 Å². The number of carbonyl (C=O) groups is 1. The largest absolute Gasteiger partial charge is 0.341 e. The topological polar surface area (TPSA) is 20.3 Å². The highest BCUT2D eigenvalue weighted by atomic mass is 35.5. The van der Waals surface area contributed by atoms with E-state index in [9.17, 15) is 4.79 Å². The van der Waals surface area contributed by atoms with Crippen LogP contribution in [-0.2, 0) is 11.3 Å². The van der Waals surface area contributed by atoms with Gasteiger partial charge in [0.25, 0.3) is 0 Å². The van der Waals surface area contributed by atoms with E-state index in [0.717, 1.165) is 5.56 Å². The molecule has 0 radical (unpaired) electrons. The summed E-state index contributed by atoms with van der Waals surface area (Å²) in [7, 11) is 1.83. The van der Waals surface area contributed by atoms with Crippen LogP contribution in [0.15, 0.2) is 42.5 Å². The zero-order chi connectivity index (χ0) is 14.8. The number of rotatable bonds is 4. The molecule has 0 atom stereocenters.